The van der Waals surface area contributed by atoms with Crippen LogP contribution in [0, 0.1) is 5.92 Å². The molecule has 1 N–H and O–H groups in total. The van der Waals surface area contributed by atoms with Crippen molar-refractivity contribution in [3.05, 3.63) is 24.3 Å². The van der Waals surface area contributed by atoms with E-state index < -0.39 is 0 Å². The van der Waals surface area contributed by atoms with Gasteiger partial charge in [0.2, 0.25) is 0 Å². The summed E-state index contributed by atoms with van der Waals surface area (Å²) >= 11 is 0. The van der Waals surface area contributed by atoms with E-state index in [4.69, 9.17) is 4.98 Å². The van der Waals surface area contributed by atoms with Gasteiger partial charge in [-0.2, -0.15) is 0 Å². The summed E-state index contributed by atoms with van der Waals surface area (Å²) in [6.45, 7) is 6.56. The van der Waals surface area contributed by atoms with Crippen LogP contribution in [-0.2, 0) is 6.54 Å². The van der Waals surface area contributed by atoms with Gasteiger partial charge >= 0.3 is 0 Å². The van der Waals surface area contributed by atoms with Crippen LogP contribution in [0.2, 0.25) is 0 Å². The fourth-order valence-corrected chi connectivity index (χ4v) is 2.90. The van der Waals surface area contributed by atoms with E-state index >= 15 is 0 Å². The van der Waals surface area contributed by atoms with Crippen molar-refractivity contribution in [1.29, 1.82) is 0 Å². The third kappa shape index (κ3) is 1.90. The third-order valence-electron chi connectivity index (χ3n) is 3.87. The van der Waals surface area contributed by atoms with Crippen LogP contribution in [0.25, 0.3) is 11.0 Å². The van der Waals surface area contributed by atoms with Gasteiger partial charge in [-0.25, -0.2) is 4.98 Å². The van der Waals surface area contributed by atoms with Gasteiger partial charge in [0.25, 0.3) is 0 Å². The van der Waals surface area contributed by atoms with E-state index in [2.05, 4.69) is 34.8 Å². The van der Waals surface area contributed by atoms with Crippen molar-refractivity contribution in [2.24, 2.45) is 5.92 Å². The second-order valence-electron chi connectivity index (χ2n) is 5.21. The molecule has 1 saturated heterocycles. The zero-order valence-electron chi connectivity index (χ0n) is 11.1. The minimum Gasteiger partial charge on any atom is -0.327 e. The van der Waals surface area contributed by atoms with E-state index in [0.717, 1.165) is 24.5 Å². The van der Waals surface area contributed by atoms with Gasteiger partial charge in [0, 0.05) is 12.7 Å². The highest BCUT2D eigenvalue weighted by atomic mass is 15.1. The SMILES string of the molecule is CCn1c(C2CC(C)CCN2)nc2cnccc21. The Balaban J connectivity index is 2.05. The molecule has 2 unspecified atom stereocenters. The molecule has 0 bridgehead atoms. The summed E-state index contributed by atoms with van der Waals surface area (Å²) < 4.78 is 2.31. The molecule has 0 spiro atoms. The van der Waals surface area contributed by atoms with E-state index in [1.807, 2.05) is 12.4 Å². The zero-order chi connectivity index (χ0) is 12.5. The number of fused-ring (bicyclic) bond motifs is 1. The topological polar surface area (TPSA) is 42.7 Å². The number of nitrogens with zero attached hydrogens (tertiary/aromatic N) is 3. The molecule has 18 heavy (non-hydrogen) atoms. The van der Waals surface area contributed by atoms with Crippen molar-refractivity contribution < 1.29 is 0 Å². The number of aryl methyl sites for hydroxylation is 1. The molecule has 2 atom stereocenters. The third-order valence-corrected chi connectivity index (χ3v) is 3.87. The molecule has 96 valence electrons. The molecule has 0 amide bonds. The van der Waals surface area contributed by atoms with Crippen LogP contribution in [0.15, 0.2) is 18.5 Å². The number of piperidine rings is 1. The Labute approximate surface area is 107 Å². The van der Waals surface area contributed by atoms with Crippen molar-refractivity contribution in [2.45, 2.75) is 39.3 Å². The van der Waals surface area contributed by atoms with Gasteiger partial charge in [-0.1, -0.05) is 6.92 Å². The van der Waals surface area contributed by atoms with Crippen LogP contribution in [0.1, 0.15) is 38.6 Å². The Morgan fingerprint density at radius 1 is 1.50 bits per heavy atom. The van der Waals surface area contributed by atoms with Crippen molar-refractivity contribution in [2.75, 3.05) is 6.54 Å². The number of aromatic nitrogens is 3. The normalized spacial score (nSPS) is 24.6. The van der Waals surface area contributed by atoms with Crippen LogP contribution in [-0.4, -0.2) is 21.1 Å². The molecule has 0 aromatic carbocycles. The van der Waals surface area contributed by atoms with E-state index in [9.17, 15) is 0 Å². The first-order valence-corrected chi connectivity index (χ1v) is 6.83. The summed E-state index contributed by atoms with van der Waals surface area (Å²) in [6.07, 6.45) is 6.15. The summed E-state index contributed by atoms with van der Waals surface area (Å²) in [4.78, 5) is 8.95. The summed E-state index contributed by atoms with van der Waals surface area (Å²) in [5, 5.41) is 3.60. The Morgan fingerprint density at radius 2 is 2.39 bits per heavy atom. The Morgan fingerprint density at radius 3 is 3.17 bits per heavy atom. The molecule has 1 aliphatic heterocycles. The highest BCUT2D eigenvalue weighted by molar-refractivity contribution is 5.74. The van der Waals surface area contributed by atoms with Crippen LogP contribution in [0.4, 0.5) is 0 Å². The maximum Gasteiger partial charge on any atom is 0.127 e. The van der Waals surface area contributed by atoms with Crippen molar-refractivity contribution >= 4 is 11.0 Å². The molecule has 0 radical (unpaired) electrons. The number of hydrogen-bond acceptors (Lipinski definition) is 3. The van der Waals surface area contributed by atoms with Gasteiger partial charge in [-0.05, 0) is 38.3 Å². The second-order valence-corrected chi connectivity index (χ2v) is 5.21. The lowest BCUT2D eigenvalue weighted by atomic mass is 9.94. The Bertz CT molecular complexity index is 546. The largest absolute Gasteiger partial charge is 0.327 e. The maximum absolute atomic E-state index is 4.78. The van der Waals surface area contributed by atoms with Crippen LogP contribution in [0.5, 0.6) is 0 Å². The van der Waals surface area contributed by atoms with Gasteiger partial charge in [0.1, 0.15) is 11.3 Å². The first kappa shape index (κ1) is 11.7. The predicted molar refractivity (Wildman–Crippen MR) is 72.3 cm³/mol. The van der Waals surface area contributed by atoms with Gasteiger partial charge < -0.3 is 9.88 Å². The number of rotatable bonds is 2. The Kier molecular flexibility index (Phi) is 3.04. The summed E-state index contributed by atoms with van der Waals surface area (Å²) in [6, 6.07) is 2.45. The monoisotopic (exact) mass is 244 g/mol. The molecule has 0 saturated carbocycles. The first-order valence-electron chi connectivity index (χ1n) is 6.83. The molecule has 1 fully saturated rings. The smallest absolute Gasteiger partial charge is 0.127 e. The molecule has 1 aliphatic rings. The molecule has 2 aromatic rings. The van der Waals surface area contributed by atoms with E-state index in [1.54, 1.807) is 0 Å². The fourth-order valence-electron chi connectivity index (χ4n) is 2.90. The predicted octanol–water partition coefficient (Wildman–Crippen LogP) is 2.51. The van der Waals surface area contributed by atoms with E-state index in [1.165, 1.54) is 24.2 Å². The quantitative estimate of drug-likeness (QED) is 0.882. The van der Waals surface area contributed by atoms with Gasteiger partial charge in [-0.3, -0.25) is 4.98 Å². The van der Waals surface area contributed by atoms with Gasteiger partial charge in [0.05, 0.1) is 17.8 Å². The zero-order valence-corrected chi connectivity index (χ0v) is 11.1. The number of pyridine rings is 1. The van der Waals surface area contributed by atoms with Crippen molar-refractivity contribution in [3.63, 3.8) is 0 Å². The molecule has 3 rings (SSSR count). The lowest BCUT2D eigenvalue weighted by Crippen LogP contribution is -2.32. The minimum absolute atomic E-state index is 0.390. The van der Waals surface area contributed by atoms with E-state index in [-0.39, 0.29) is 0 Å². The number of imidazole rings is 1. The van der Waals surface area contributed by atoms with Crippen LogP contribution >= 0.6 is 0 Å². The molecular formula is C14H20N4. The molecule has 2 aromatic heterocycles. The summed E-state index contributed by atoms with van der Waals surface area (Å²) in [5.41, 5.74) is 2.21. The molecule has 0 aliphatic carbocycles. The maximum atomic E-state index is 4.78. The molecule has 3 heterocycles. The highest BCUT2D eigenvalue weighted by Crippen LogP contribution is 2.28. The van der Waals surface area contributed by atoms with Crippen molar-refractivity contribution in [1.82, 2.24) is 19.9 Å². The fraction of sp³-hybridized carbons (Fsp3) is 0.571. The van der Waals surface area contributed by atoms with Gasteiger partial charge in [0.15, 0.2) is 0 Å². The van der Waals surface area contributed by atoms with Gasteiger partial charge in [-0.15, -0.1) is 0 Å². The summed E-state index contributed by atoms with van der Waals surface area (Å²) in [7, 11) is 0. The average molecular weight is 244 g/mol. The van der Waals surface area contributed by atoms with E-state index in [0.29, 0.717) is 6.04 Å². The minimum atomic E-state index is 0.390. The lowest BCUT2D eigenvalue weighted by Gasteiger charge is -2.28. The Hall–Kier alpha value is -1.42. The highest BCUT2D eigenvalue weighted by Gasteiger charge is 2.24. The first-order chi connectivity index (χ1) is 8.79. The van der Waals surface area contributed by atoms with Crippen molar-refractivity contribution in [3.8, 4) is 0 Å². The molecular weight excluding hydrogens is 224 g/mol. The average Bonchev–Trinajstić information content (AvgIpc) is 2.77. The number of nitrogens with one attached hydrogen (secondary N) is 1. The van der Waals surface area contributed by atoms with Crippen LogP contribution in [0.3, 0.4) is 0 Å². The standard InChI is InChI=1S/C14H20N4/c1-3-18-13-5-6-15-9-12(13)17-14(18)11-8-10(2)4-7-16-11/h5-6,9-11,16H,3-4,7-8H2,1-2H3. The van der Waals surface area contributed by atoms with Crippen LogP contribution < -0.4 is 5.32 Å². The number of hydrogen-bond donors (Lipinski definition) is 1. The lowest BCUT2D eigenvalue weighted by molar-refractivity contribution is 0.311. The summed E-state index contributed by atoms with van der Waals surface area (Å²) in [5.74, 6) is 1.95. The molecule has 4 nitrogen and oxygen atoms in total. The molecule has 4 heteroatoms. The second kappa shape index (κ2) is 4.69.